The molecule has 0 unspecified atom stereocenters. The minimum atomic E-state index is -0.240. The lowest BCUT2D eigenvalue weighted by Crippen LogP contribution is -2.35. The summed E-state index contributed by atoms with van der Waals surface area (Å²) >= 11 is 0. The first kappa shape index (κ1) is 22.1. The molecule has 2 amide bonds. The van der Waals surface area contributed by atoms with Gasteiger partial charge in [-0.05, 0) is 23.3 Å². The maximum Gasteiger partial charge on any atom is 0.231 e. The van der Waals surface area contributed by atoms with Crippen LogP contribution in [0.1, 0.15) is 18.1 Å². The third kappa shape index (κ3) is 5.96. The second kappa shape index (κ2) is 10.4. The highest BCUT2D eigenvalue weighted by molar-refractivity contribution is 6.02. The molecule has 7 nitrogen and oxygen atoms in total. The first-order chi connectivity index (χ1) is 15.0. The Morgan fingerprint density at radius 2 is 1.65 bits per heavy atom. The maximum atomic E-state index is 13.1. The van der Waals surface area contributed by atoms with Gasteiger partial charge in [-0.1, -0.05) is 42.5 Å². The third-order valence-electron chi connectivity index (χ3n) is 4.84. The van der Waals surface area contributed by atoms with Crippen molar-refractivity contribution in [2.45, 2.75) is 19.8 Å². The van der Waals surface area contributed by atoms with E-state index in [1.165, 1.54) is 6.92 Å². The van der Waals surface area contributed by atoms with Crippen LogP contribution < -0.4 is 10.2 Å². The maximum absolute atomic E-state index is 13.1. The summed E-state index contributed by atoms with van der Waals surface area (Å²) in [7, 11) is 0. The van der Waals surface area contributed by atoms with Gasteiger partial charge in [-0.25, -0.2) is 0 Å². The van der Waals surface area contributed by atoms with Crippen molar-refractivity contribution in [3.8, 4) is 0 Å². The van der Waals surface area contributed by atoms with Crippen LogP contribution in [-0.2, 0) is 27.2 Å². The number of ketones is 1. The molecule has 2 N–H and O–H groups in total. The normalized spacial score (nSPS) is 10.6. The highest BCUT2D eigenvalue weighted by atomic mass is 16.3. The van der Waals surface area contributed by atoms with E-state index in [2.05, 4.69) is 10.3 Å². The average molecular weight is 419 g/mol. The zero-order valence-electron chi connectivity index (χ0n) is 17.4. The molecule has 160 valence electrons. The fourth-order valence-electron chi connectivity index (χ4n) is 3.34. The lowest BCUT2D eigenvalue weighted by Gasteiger charge is -2.23. The number of anilines is 1. The van der Waals surface area contributed by atoms with Gasteiger partial charge in [-0.2, -0.15) is 0 Å². The molecule has 2 aromatic carbocycles. The highest BCUT2D eigenvalue weighted by Crippen LogP contribution is 2.25. The molecule has 3 aromatic rings. The summed E-state index contributed by atoms with van der Waals surface area (Å²) in [5.74, 6) is -0.477. The van der Waals surface area contributed by atoms with Crippen LogP contribution in [0.3, 0.4) is 0 Å². The van der Waals surface area contributed by atoms with E-state index in [1.54, 1.807) is 11.1 Å². The summed E-state index contributed by atoms with van der Waals surface area (Å²) in [5.41, 5.74) is 2.99. The van der Waals surface area contributed by atoms with Crippen LogP contribution in [0.4, 0.5) is 5.69 Å². The number of aromatic nitrogens is 1. The topological polar surface area (TPSA) is 99.6 Å². The number of carbonyl (C=O) groups excluding carboxylic acids is 3. The number of nitrogens with one attached hydrogen (secondary N) is 1. The molecule has 31 heavy (non-hydrogen) atoms. The molecule has 0 saturated heterocycles. The van der Waals surface area contributed by atoms with Gasteiger partial charge in [0.2, 0.25) is 11.8 Å². The van der Waals surface area contributed by atoms with Gasteiger partial charge in [0, 0.05) is 31.5 Å². The number of hydrogen-bond acceptors (Lipinski definition) is 5. The quantitative estimate of drug-likeness (QED) is 0.553. The Morgan fingerprint density at radius 3 is 2.32 bits per heavy atom. The third-order valence-corrected chi connectivity index (χ3v) is 4.84. The zero-order chi connectivity index (χ0) is 22.2. The lowest BCUT2D eigenvalue weighted by molar-refractivity contribution is -0.123. The van der Waals surface area contributed by atoms with Crippen LogP contribution >= 0.6 is 0 Å². The monoisotopic (exact) mass is 419 g/mol. The lowest BCUT2D eigenvalue weighted by atomic mass is 10.0. The number of carbonyl (C=O) groups is 3. The molecule has 0 aliphatic carbocycles. The molecule has 0 fully saturated rings. The first-order valence-electron chi connectivity index (χ1n) is 10.1. The van der Waals surface area contributed by atoms with E-state index in [9.17, 15) is 19.5 Å². The Hall–Kier alpha value is -3.58. The van der Waals surface area contributed by atoms with Crippen LogP contribution in [0.2, 0.25) is 0 Å². The molecule has 3 rings (SSSR count). The molecule has 7 heteroatoms. The van der Waals surface area contributed by atoms with Gasteiger partial charge < -0.3 is 15.3 Å². The van der Waals surface area contributed by atoms with Crippen LogP contribution in [-0.4, -0.2) is 47.4 Å². The van der Waals surface area contributed by atoms with Crippen molar-refractivity contribution in [1.29, 1.82) is 0 Å². The van der Waals surface area contributed by atoms with Crippen molar-refractivity contribution in [3.05, 3.63) is 71.9 Å². The molecule has 0 saturated carbocycles. The van der Waals surface area contributed by atoms with Gasteiger partial charge in [-0.3, -0.25) is 19.4 Å². The molecule has 0 aliphatic rings. The number of pyridine rings is 1. The number of nitrogens with zero attached hydrogens (tertiary/aromatic N) is 2. The van der Waals surface area contributed by atoms with Crippen molar-refractivity contribution in [2.24, 2.45) is 0 Å². The van der Waals surface area contributed by atoms with Gasteiger partial charge in [-0.15, -0.1) is 0 Å². The molecule has 0 bridgehead atoms. The minimum absolute atomic E-state index is 0.00472. The van der Waals surface area contributed by atoms with E-state index >= 15 is 0 Å². The molecule has 0 spiro atoms. The second-order valence-corrected chi connectivity index (χ2v) is 7.24. The fourth-order valence-corrected chi connectivity index (χ4v) is 3.34. The number of amides is 2. The smallest absolute Gasteiger partial charge is 0.231 e. The van der Waals surface area contributed by atoms with Gasteiger partial charge in [0.05, 0.1) is 30.8 Å². The number of para-hydroxylation sites is 1. The minimum Gasteiger partial charge on any atom is -0.395 e. The van der Waals surface area contributed by atoms with Crippen molar-refractivity contribution in [1.82, 2.24) is 10.3 Å². The van der Waals surface area contributed by atoms with Gasteiger partial charge in [0.15, 0.2) is 5.78 Å². The van der Waals surface area contributed by atoms with E-state index in [0.29, 0.717) is 11.2 Å². The fraction of sp³-hybridized carbons (Fsp3) is 0.250. The standard InChI is InChI=1S/C24H25N3O4/c1-17(29)26-16-21(30)14-18-7-9-19(10-8-18)15-23(31)27(12-13-28)22-6-2-4-20-5-3-11-25-24(20)22/h2-11,28H,12-16H2,1H3,(H,26,29). The summed E-state index contributed by atoms with van der Waals surface area (Å²) in [5, 5.41) is 12.9. The highest BCUT2D eigenvalue weighted by Gasteiger charge is 2.18. The van der Waals surface area contributed by atoms with E-state index in [-0.39, 0.29) is 50.1 Å². The second-order valence-electron chi connectivity index (χ2n) is 7.24. The predicted octanol–water partition coefficient (Wildman–Crippen LogP) is 2.05. The molecule has 1 heterocycles. The van der Waals surface area contributed by atoms with Crippen LogP contribution in [0.5, 0.6) is 0 Å². The van der Waals surface area contributed by atoms with Gasteiger partial charge >= 0.3 is 0 Å². The van der Waals surface area contributed by atoms with Crippen molar-refractivity contribution in [3.63, 3.8) is 0 Å². The van der Waals surface area contributed by atoms with Crippen molar-refractivity contribution in [2.75, 3.05) is 24.6 Å². The van der Waals surface area contributed by atoms with Crippen molar-refractivity contribution >= 4 is 34.2 Å². The number of Topliss-reactive ketones (excluding diaryl/α,β-unsaturated/α-hetero) is 1. The number of hydrogen-bond donors (Lipinski definition) is 2. The molecule has 0 aliphatic heterocycles. The predicted molar refractivity (Wildman–Crippen MR) is 119 cm³/mol. The number of rotatable bonds is 9. The SMILES string of the molecule is CC(=O)NCC(=O)Cc1ccc(CC(=O)N(CCO)c2cccc3cccnc23)cc1. The van der Waals surface area contributed by atoms with E-state index in [4.69, 9.17) is 0 Å². The first-order valence-corrected chi connectivity index (χ1v) is 10.1. The number of fused-ring (bicyclic) bond motifs is 1. The molecule has 0 atom stereocenters. The van der Waals surface area contributed by atoms with E-state index in [1.807, 2.05) is 54.6 Å². The van der Waals surface area contributed by atoms with Gasteiger partial charge in [0.1, 0.15) is 0 Å². The molecular formula is C24H25N3O4. The Labute approximate surface area is 180 Å². The van der Waals surface area contributed by atoms with Crippen molar-refractivity contribution < 1.29 is 19.5 Å². The Morgan fingerprint density at radius 1 is 0.968 bits per heavy atom. The largest absolute Gasteiger partial charge is 0.395 e. The number of aliphatic hydroxyl groups excluding tert-OH is 1. The Kier molecular flexibility index (Phi) is 7.45. The summed E-state index contributed by atoms with van der Waals surface area (Å²) in [6, 6.07) is 16.6. The van der Waals surface area contributed by atoms with E-state index in [0.717, 1.165) is 16.5 Å². The molecule has 0 radical (unpaired) electrons. The van der Waals surface area contributed by atoms with E-state index < -0.39 is 0 Å². The van der Waals surface area contributed by atoms with Crippen LogP contribution in [0.25, 0.3) is 10.9 Å². The van der Waals surface area contributed by atoms with Crippen LogP contribution in [0, 0.1) is 0 Å². The number of aliphatic hydroxyl groups is 1. The number of benzene rings is 2. The van der Waals surface area contributed by atoms with Gasteiger partial charge in [0.25, 0.3) is 0 Å². The Balaban J connectivity index is 1.71. The van der Waals surface area contributed by atoms with Crippen LogP contribution in [0.15, 0.2) is 60.8 Å². The summed E-state index contributed by atoms with van der Waals surface area (Å²) < 4.78 is 0. The Bertz CT molecular complexity index is 1070. The molecule has 1 aromatic heterocycles. The average Bonchev–Trinajstić information content (AvgIpc) is 2.77. The molecular weight excluding hydrogens is 394 g/mol. The summed E-state index contributed by atoms with van der Waals surface area (Å²) in [6.45, 7) is 1.38. The summed E-state index contributed by atoms with van der Waals surface area (Å²) in [4.78, 5) is 41.8. The zero-order valence-corrected chi connectivity index (χ0v) is 17.4. The summed E-state index contributed by atoms with van der Waals surface area (Å²) in [6.07, 6.45) is 2.05.